The van der Waals surface area contributed by atoms with E-state index in [0.717, 1.165) is 133 Å². The first-order chi connectivity index (χ1) is 39.5. The van der Waals surface area contributed by atoms with E-state index in [0.29, 0.717) is 0 Å². The summed E-state index contributed by atoms with van der Waals surface area (Å²) >= 11 is 0. The molecule has 0 saturated heterocycles. The van der Waals surface area contributed by atoms with Gasteiger partial charge in [0.25, 0.3) is 0 Å². The molecule has 0 N–H and O–H groups in total. The third-order valence-electron chi connectivity index (χ3n) is 15.9. The maximum Gasteiger partial charge on any atom is 0.0972 e. The van der Waals surface area contributed by atoms with Crippen molar-refractivity contribution in [2.75, 3.05) is 0 Å². The van der Waals surface area contributed by atoms with Gasteiger partial charge in [0.2, 0.25) is 0 Å². The van der Waals surface area contributed by atoms with Crippen LogP contribution in [0.5, 0.6) is 0 Å². The largest absolute Gasteiger partial charge is 0.256 e. The summed E-state index contributed by atoms with van der Waals surface area (Å²) in [6, 6.07) is 106. The van der Waals surface area contributed by atoms with Crippen molar-refractivity contribution >= 4 is 21.8 Å². The van der Waals surface area contributed by atoms with Gasteiger partial charge in [-0.3, -0.25) is 4.98 Å². The zero-order chi connectivity index (χ0) is 52.9. The second kappa shape index (κ2) is 19.8. The zero-order valence-corrected chi connectivity index (χ0v) is 43.6. The van der Waals surface area contributed by atoms with Crippen molar-refractivity contribution in [1.29, 1.82) is 0 Å². The van der Waals surface area contributed by atoms with Crippen LogP contribution in [-0.2, 0) is 0 Å². The SMILES string of the molecule is c1ccc(-c2cccc(-c3cc4cc(c3)-c3cccc(c3)-c3ccc(cc3)-c3cccc(c3)-c3ccc(cc3)-c3ccc5ccc6ccc(nc6c5n3)-c3ccc(cc3)-c3cccc(c3)-c3ccc(cc3)-c3cccc-4c3)c2)nc1. The summed E-state index contributed by atoms with van der Waals surface area (Å²) in [6.45, 7) is 0. The highest BCUT2D eigenvalue weighted by molar-refractivity contribution is 6.04. The van der Waals surface area contributed by atoms with Gasteiger partial charge in [0.05, 0.1) is 28.1 Å². The van der Waals surface area contributed by atoms with E-state index in [1.807, 2.05) is 18.3 Å². The minimum atomic E-state index is 0.898. The molecule has 11 aromatic carbocycles. The maximum atomic E-state index is 5.28. The average Bonchev–Trinajstić information content (AvgIpc) is 3.61. The smallest absolute Gasteiger partial charge is 0.0972 e. The molecule has 372 valence electrons. The Morgan fingerprint density at radius 2 is 0.425 bits per heavy atom. The first kappa shape index (κ1) is 46.7. The van der Waals surface area contributed by atoms with E-state index in [4.69, 9.17) is 15.0 Å². The molecule has 80 heavy (non-hydrogen) atoms. The Kier molecular flexibility index (Phi) is 11.5. The number of hydrogen-bond donors (Lipinski definition) is 0. The van der Waals surface area contributed by atoms with Crippen LogP contribution in [0.4, 0.5) is 0 Å². The molecule has 3 nitrogen and oxygen atoms in total. The third-order valence-corrected chi connectivity index (χ3v) is 15.9. The Bertz CT molecular complexity index is 4400. The quantitative estimate of drug-likeness (QED) is 0.162. The standard InChI is InChI=1S/C77H49N3/c1-2-41-78-73(18-1)69-17-7-16-68(46-69)72-48-70-47-71(49-72)67-15-6-13-65(45-67)53-25-21-51(22-26-53)61-9-4-11-63(43-61)55-29-33-57(34-30-55)75-40-38-59-36-35-58-37-39-74(79-76(58)77(59)80-75)56-31-27-54(28-32-56)62-10-3-8-60(42-62)50-19-23-52(24-20-50)64-12-5-14-66(70)44-64/h1-49H. The number of rotatable bonds is 2. The number of pyridine rings is 3. The molecular formula is C77H49N3. The van der Waals surface area contributed by atoms with E-state index in [-0.39, 0.29) is 0 Å². The van der Waals surface area contributed by atoms with Gasteiger partial charge >= 0.3 is 0 Å². The molecule has 0 radical (unpaired) electrons. The highest BCUT2D eigenvalue weighted by atomic mass is 14.8. The van der Waals surface area contributed by atoms with Crippen molar-refractivity contribution in [3.63, 3.8) is 0 Å². The van der Waals surface area contributed by atoms with Crippen molar-refractivity contribution in [3.8, 4) is 134 Å². The minimum Gasteiger partial charge on any atom is -0.256 e. The molecule has 0 fully saturated rings. The molecular weight excluding hydrogens is 967 g/mol. The summed E-state index contributed by atoms with van der Waals surface area (Å²) in [7, 11) is 0. The Hall–Kier alpha value is -10.6. The minimum absolute atomic E-state index is 0.898. The first-order valence-electron chi connectivity index (χ1n) is 27.3. The van der Waals surface area contributed by atoms with E-state index in [1.54, 1.807) is 0 Å². The Morgan fingerprint density at radius 1 is 0.163 bits per heavy atom. The molecule has 7 aliphatic heterocycles. The lowest BCUT2D eigenvalue weighted by atomic mass is 9.90. The number of aromatic nitrogens is 3. The molecule has 7 aliphatic rings. The van der Waals surface area contributed by atoms with Crippen LogP contribution in [0.3, 0.4) is 0 Å². The van der Waals surface area contributed by atoms with E-state index < -0.39 is 0 Å². The molecule has 3 aromatic heterocycles. The van der Waals surface area contributed by atoms with Gasteiger partial charge < -0.3 is 0 Å². The van der Waals surface area contributed by atoms with Gasteiger partial charge in [0.1, 0.15) is 0 Å². The highest BCUT2D eigenvalue weighted by Crippen LogP contribution is 2.39. The van der Waals surface area contributed by atoms with Crippen molar-refractivity contribution in [2.24, 2.45) is 0 Å². The van der Waals surface area contributed by atoms with Crippen LogP contribution in [0.15, 0.2) is 297 Å². The Balaban J connectivity index is 0.846. The molecule has 14 aromatic rings. The van der Waals surface area contributed by atoms with Gasteiger partial charge in [0, 0.05) is 33.7 Å². The van der Waals surface area contributed by atoms with Crippen LogP contribution < -0.4 is 0 Å². The zero-order valence-electron chi connectivity index (χ0n) is 43.6. The van der Waals surface area contributed by atoms with Crippen LogP contribution >= 0.6 is 0 Å². The molecule has 0 spiro atoms. The van der Waals surface area contributed by atoms with Gasteiger partial charge in [-0.05, 0) is 173 Å². The fourth-order valence-electron chi connectivity index (χ4n) is 11.5. The fraction of sp³-hybridized carbons (Fsp3) is 0. The summed E-state index contributed by atoms with van der Waals surface area (Å²) in [5.41, 5.74) is 28.6. The predicted octanol–water partition coefficient (Wildman–Crippen LogP) is 20.5. The van der Waals surface area contributed by atoms with Gasteiger partial charge in [-0.15, -0.1) is 0 Å². The predicted molar refractivity (Wildman–Crippen MR) is 334 cm³/mol. The van der Waals surface area contributed by atoms with E-state index in [2.05, 4.69) is 279 Å². The van der Waals surface area contributed by atoms with Crippen molar-refractivity contribution in [1.82, 2.24) is 15.0 Å². The summed E-state index contributed by atoms with van der Waals surface area (Å²) in [5, 5.41) is 2.13. The van der Waals surface area contributed by atoms with E-state index in [1.165, 1.54) is 22.3 Å². The van der Waals surface area contributed by atoms with E-state index >= 15 is 0 Å². The number of nitrogens with zero attached hydrogens (tertiary/aromatic N) is 3. The number of hydrogen-bond acceptors (Lipinski definition) is 3. The monoisotopic (exact) mass is 1020 g/mol. The summed E-state index contributed by atoms with van der Waals surface area (Å²) < 4.78 is 0. The summed E-state index contributed by atoms with van der Waals surface area (Å²) in [4.78, 5) is 15.3. The topological polar surface area (TPSA) is 38.7 Å². The van der Waals surface area contributed by atoms with Crippen LogP contribution in [0, 0.1) is 0 Å². The second-order valence-corrected chi connectivity index (χ2v) is 20.8. The molecule has 0 saturated carbocycles. The third kappa shape index (κ3) is 8.93. The lowest BCUT2D eigenvalue weighted by Gasteiger charge is -2.14. The lowest BCUT2D eigenvalue weighted by Crippen LogP contribution is -1.91. The molecule has 0 unspecified atom stereocenters. The van der Waals surface area contributed by atoms with Gasteiger partial charge in [-0.25, -0.2) is 9.97 Å². The van der Waals surface area contributed by atoms with Crippen molar-refractivity contribution in [3.05, 3.63) is 297 Å². The normalized spacial score (nSPS) is 11.5. The lowest BCUT2D eigenvalue weighted by molar-refractivity contribution is 1.33. The first-order valence-corrected chi connectivity index (χ1v) is 27.3. The highest BCUT2D eigenvalue weighted by Gasteiger charge is 2.15. The molecule has 0 amide bonds. The second-order valence-electron chi connectivity index (χ2n) is 20.8. The molecule has 3 heteroatoms. The van der Waals surface area contributed by atoms with Gasteiger partial charge in [0.15, 0.2) is 0 Å². The van der Waals surface area contributed by atoms with Gasteiger partial charge in [-0.1, -0.05) is 218 Å². The molecule has 0 aliphatic carbocycles. The van der Waals surface area contributed by atoms with Crippen LogP contribution in [-0.4, -0.2) is 15.0 Å². The molecule has 10 heterocycles. The van der Waals surface area contributed by atoms with Crippen molar-refractivity contribution < 1.29 is 0 Å². The summed E-state index contributed by atoms with van der Waals surface area (Å²) in [5.74, 6) is 0. The van der Waals surface area contributed by atoms with Crippen LogP contribution in [0.25, 0.3) is 156 Å². The fourth-order valence-corrected chi connectivity index (χ4v) is 11.5. The van der Waals surface area contributed by atoms with Crippen molar-refractivity contribution in [2.45, 2.75) is 0 Å². The van der Waals surface area contributed by atoms with Crippen LogP contribution in [0.2, 0.25) is 0 Å². The molecule has 22 bridgehead atoms. The summed E-state index contributed by atoms with van der Waals surface area (Å²) in [6.07, 6.45) is 1.86. The Morgan fingerprint density at radius 3 is 0.738 bits per heavy atom. The number of benzene rings is 11. The maximum absolute atomic E-state index is 5.28. The van der Waals surface area contributed by atoms with E-state index in [9.17, 15) is 0 Å². The average molecular weight is 1020 g/mol. The van der Waals surface area contributed by atoms with Crippen LogP contribution in [0.1, 0.15) is 0 Å². The molecule has 0 atom stereocenters. The van der Waals surface area contributed by atoms with Gasteiger partial charge in [-0.2, -0.15) is 0 Å². The Labute approximate surface area is 465 Å². The molecule has 21 rings (SSSR count).